The summed E-state index contributed by atoms with van der Waals surface area (Å²) >= 11 is 6.33. The standard InChI is InChI=1S/C16H15ClN4/c1-12-5-6-18-9-13(12)10-20-15-4-2-3-14(17)16(15)21-8-7-19-11-21/h2-9,11,20H,10H2,1H3. The molecule has 0 aliphatic carbocycles. The summed E-state index contributed by atoms with van der Waals surface area (Å²) in [5, 5.41) is 4.11. The average Bonchev–Trinajstić information content (AvgIpc) is 3.00. The van der Waals surface area contributed by atoms with Crippen LogP contribution >= 0.6 is 11.6 Å². The second kappa shape index (κ2) is 5.97. The Morgan fingerprint density at radius 1 is 1.19 bits per heavy atom. The van der Waals surface area contributed by atoms with Gasteiger partial charge in [-0.2, -0.15) is 0 Å². The van der Waals surface area contributed by atoms with E-state index < -0.39 is 0 Å². The molecule has 0 aliphatic rings. The van der Waals surface area contributed by atoms with Crippen LogP contribution in [0.15, 0.2) is 55.4 Å². The highest BCUT2D eigenvalue weighted by Crippen LogP contribution is 2.28. The average molecular weight is 299 g/mol. The van der Waals surface area contributed by atoms with Gasteiger partial charge in [0, 0.05) is 31.3 Å². The van der Waals surface area contributed by atoms with Gasteiger partial charge in [0.1, 0.15) is 0 Å². The summed E-state index contributed by atoms with van der Waals surface area (Å²) in [6.45, 7) is 2.77. The molecule has 0 aliphatic heterocycles. The van der Waals surface area contributed by atoms with E-state index in [9.17, 15) is 0 Å². The van der Waals surface area contributed by atoms with Gasteiger partial charge in [0.2, 0.25) is 0 Å². The molecule has 0 atom stereocenters. The number of para-hydroxylation sites is 1. The van der Waals surface area contributed by atoms with E-state index in [1.165, 1.54) is 5.56 Å². The maximum Gasteiger partial charge on any atom is 0.0992 e. The van der Waals surface area contributed by atoms with Gasteiger partial charge >= 0.3 is 0 Å². The Labute approximate surface area is 128 Å². The lowest BCUT2D eigenvalue weighted by Crippen LogP contribution is -2.05. The van der Waals surface area contributed by atoms with Crippen LogP contribution in [0, 0.1) is 6.92 Å². The summed E-state index contributed by atoms with van der Waals surface area (Å²) in [7, 11) is 0. The number of halogens is 1. The molecule has 0 fully saturated rings. The molecule has 106 valence electrons. The van der Waals surface area contributed by atoms with E-state index in [2.05, 4.69) is 22.2 Å². The zero-order chi connectivity index (χ0) is 14.7. The van der Waals surface area contributed by atoms with Crippen LogP contribution in [0.3, 0.4) is 0 Å². The Hall–Kier alpha value is -2.33. The van der Waals surface area contributed by atoms with Crippen molar-refractivity contribution >= 4 is 17.3 Å². The molecule has 0 spiro atoms. The number of aryl methyl sites for hydroxylation is 1. The predicted molar refractivity (Wildman–Crippen MR) is 84.9 cm³/mol. The molecule has 0 bridgehead atoms. The van der Waals surface area contributed by atoms with Gasteiger partial charge < -0.3 is 9.88 Å². The Morgan fingerprint density at radius 2 is 2.10 bits per heavy atom. The molecular weight excluding hydrogens is 284 g/mol. The molecule has 0 radical (unpaired) electrons. The summed E-state index contributed by atoms with van der Waals surface area (Å²) in [5.74, 6) is 0. The van der Waals surface area contributed by atoms with Crippen molar-refractivity contribution in [2.75, 3.05) is 5.32 Å². The van der Waals surface area contributed by atoms with Gasteiger partial charge in [0.15, 0.2) is 0 Å². The molecule has 3 aromatic rings. The van der Waals surface area contributed by atoms with Crippen molar-refractivity contribution in [2.24, 2.45) is 0 Å². The molecule has 0 saturated heterocycles. The van der Waals surface area contributed by atoms with Gasteiger partial charge in [0.05, 0.1) is 22.7 Å². The minimum Gasteiger partial charge on any atom is -0.379 e. The van der Waals surface area contributed by atoms with E-state index in [-0.39, 0.29) is 0 Å². The summed E-state index contributed by atoms with van der Waals surface area (Å²) in [4.78, 5) is 8.25. The molecule has 3 rings (SSSR count). The van der Waals surface area contributed by atoms with Gasteiger partial charge in [-0.05, 0) is 36.2 Å². The SMILES string of the molecule is Cc1ccncc1CNc1cccc(Cl)c1-n1ccnc1. The molecule has 5 heteroatoms. The lowest BCUT2D eigenvalue weighted by Gasteiger charge is -2.14. The maximum atomic E-state index is 6.33. The molecule has 21 heavy (non-hydrogen) atoms. The van der Waals surface area contributed by atoms with E-state index in [0.717, 1.165) is 16.9 Å². The summed E-state index contributed by atoms with van der Waals surface area (Å²) in [6, 6.07) is 7.82. The zero-order valence-electron chi connectivity index (χ0n) is 11.6. The quantitative estimate of drug-likeness (QED) is 0.796. The fourth-order valence-electron chi connectivity index (χ4n) is 2.18. The van der Waals surface area contributed by atoms with Crippen LogP contribution in [-0.4, -0.2) is 14.5 Å². The number of hydrogen-bond acceptors (Lipinski definition) is 3. The molecule has 0 saturated carbocycles. The van der Waals surface area contributed by atoms with Crippen LogP contribution in [0.5, 0.6) is 0 Å². The first-order valence-corrected chi connectivity index (χ1v) is 7.03. The van der Waals surface area contributed by atoms with Crippen LogP contribution in [0.25, 0.3) is 5.69 Å². The van der Waals surface area contributed by atoms with Crippen molar-refractivity contribution in [2.45, 2.75) is 13.5 Å². The highest BCUT2D eigenvalue weighted by Gasteiger charge is 2.09. The highest BCUT2D eigenvalue weighted by molar-refractivity contribution is 6.33. The van der Waals surface area contributed by atoms with Crippen molar-refractivity contribution in [3.8, 4) is 5.69 Å². The number of nitrogens with zero attached hydrogens (tertiary/aromatic N) is 3. The molecule has 4 nitrogen and oxygen atoms in total. The van der Waals surface area contributed by atoms with Crippen molar-refractivity contribution in [3.05, 3.63) is 71.5 Å². The lowest BCUT2D eigenvalue weighted by molar-refractivity contribution is 1.03. The first-order chi connectivity index (χ1) is 10.3. The van der Waals surface area contributed by atoms with E-state index in [1.807, 2.05) is 41.2 Å². The minimum absolute atomic E-state index is 0.681. The van der Waals surface area contributed by atoms with Crippen molar-refractivity contribution in [1.29, 1.82) is 0 Å². The number of benzene rings is 1. The number of aromatic nitrogens is 3. The van der Waals surface area contributed by atoms with E-state index in [1.54, 1.807) is 18.7 Å². The largest absolute Gasteiger partial charge is 0.379 e. The Morgan fingerprint density at radius 3 is 2.86 bits per heavy atom. The third kappa shape index (κ3) is 2.90. The number of rotatable bonds is 4. The Balaban J connectivity index is 1.90. The first-order valence-electron chi connectivity index (χ1n) is 6.66. The fourth-order valence-corrected chi connectivity index (χ4v) is 2.46. The van der Waals surface area contributed by atoms with E-state index in [0.29, 0.717) is 11.6 Å². The van der Waals surface area contributed by atoms with Crippen molar-refractivity contribution in [1.82, 2.24) is 14.5 Å². The van der Waals surface area contributed by atoms with Crippen molar-refractivity contribution < 1.29 is 0 Å². The van der Waals surface area contributed by atoms with Gasteiger partial charge in [-0.3, -0.25) is 4.98 Å². The van der Waals surface area contributed by atoms with E-state index >= 15 is 0 Å². The predicted octanol–water partition coefficient (Wildman–Crippen LogP) is 3.84. The molecule has 0 amide bonds. The maximum absolute atomic E-state index is 6.33. The molecule has 1 aromatic carbocycles. The molecule has 2 heterocycles. The van der Waals surface area contributed by atoms with E-state index in [4.69, 9.17) is 11.6 Å². The molecular formula is C16H15ClN4. The summed E-state index contributed by atoms with van der Waals surface area (Å²) in [5.41, 5.74) is 4.24. The third-order valence-corrected chi connectivity index (χ3v) is 3.67. The summed E-state index contributed by atoms with van der Waals surface area (Å²) < 4.78 is 1.90. The second-order valence-electron chi connectivity index (χ2n) is 4.76. The van der Waals surface area contributed by atoms with Crippen molar-refractivity contribution in [3.63, 3.8) is 0 Å². The normalized spacial score (nSPS) is 10.6. The van der Waals surface area contributed by atoms with Crippen LogP contribution < -0.4 is 5.32 Å². The topological polar surface area (TPSA) is 42.7 Å². The summed E-state index contributed by atoms with van der Waals surface area (Å²) in [6.07, 6.45) is 9.03. The Bertz CT molecular complexity index is 738. The highest BCUT2D eigenvalue weighted by atomic mass is 35.5. The van der Waals surface area contributed by atoms with Crippen LogP contribution in [-0.2, 0) is 6.54 Å². The number of imidazole rings is 1. The van der Waals surface area contributed by atoms with Gasteiger partial charge in [0.25, 0.3) is 0 Å². The van der Waals surface area contributed by atoms with Gasteiger partial charge in [-0.25, -0.2) is 4.98 Å². The lowest BCUT2D eigenvalue weighted by atomic mass is 10.1. The van der Waals surface area contributed by atoms with Gasteiger partial charge in [-0.1, -0.05) is 17.7 Å². The fraction of sp³-hybridized carbons (Fsp3) is 0.125. The van der Waals surface area contributed by atoms with Crippen LogP contribution in [0.1, 0.15) is 11.1 Å². The minimum atomic E-state index is 0.681. The monoisotopic (exact) mass is 298 g/mol. The number of anilines is 1. The molecule has 0 unspecified atom stereocenters. The third-order valence-electron chi connectivity index (χ3n) is 3.37. The molecule has 2 aromatic heterocycles. The zero-order valence-corrected chi connectivity index (χ0v) is 12.4. The smallest absolute Gasteiger partial charge is 0.0992 e. The van der Waals surface area contributed by atoms with Crippen LogP contribution in [0.2, 0.25) is 5.02 Å². The number of nitrogens with one attached hydrogen (secondary N) is 1. The molecule has 1 N–H and O–H groups in total. The second-order valence-corrected chi connectivity index (χ2v) is 5.17. The Kier molecular flexibility index (Phi) is 3.88. The number of hydrogen-bond donors (Lipinski definition) is 1. The number of pyridine rings is 1. The first kappa shape index (κ1) is 13.6. The van der Waals surface area contributed by atoms with Crippen LogP contribution in [0.4, 0.5) is 5.69 Å². The van der Waals surface area contributed by atoms with Gasteiger partial charge in [-0.15, -0.1) is 0 Å².